The van der Waals surface area contributed by atoms with Crippen LogP contribution in [0.15, 0.2) is 18.3 Å². The Labute approximate surface area is 119 Å². The lowest BCUT2D eigenvalue weighted by Crippen LogP contribution is -2.34. The molecule has 2 heterocycles. The maximum atomic E-state index is 4.45. The second-order valence-corrected chi connectivity index (χ2v) is 7.15. The zero-order valence-electron chi connectivity index (χ0n) is 11.2. The van der Waals surface area contributed by atoms with Gasteiger partial charge in [-0.3, -0.25) is 4.98 Å². The van der Waals surface area contributed by atoms with Gasteiger partial charge in [-0.2, -0.15) is 23.5 Å². The molecule has 1 saturated heterocycles. The Morgan fingerprint density at radius 3 is 2.94 bits per heavy atom. The molecule has 1 fully saturated rings. The Hall–Kier alpha value is -0.190. The summed E-state index contributed by atoms with van der Waals surface area (Å²) >= 11 is 4.19. The highest BCUT2D eigenvalue weighted by atomic mass is 32.2. The van der Waals surface area contributed by atoms with Gasteiger partial charge in [-0.1, -0.05) is 13.0 Å². The second kappa shape index (κ2) is 7.41. The lowest BCUT2D eigenvalue weighted by atomic mass is 10.1. The van der Waals surface area contributed by atoms with Crippen molar-refractivity contribution in [2.45, 2.75) is 31.6 Å². The number of nitrogens with zero attached hydrogens (tertiary/aromatic N) is 1. The molecule has 0 saturated carbocycles. The van der Waals surface area contributed by atoms with E-state index in [0.29, 0.717) is 11.3 Å². The van der Waals surface area contributed by atoms with Crippen molar-refractivity contribution in [2.24, 2.45) is 0 Å². The number of nitrogens with one attached hydrogen (secondary N) is 1. The standard InChI is InChI=1S/C14H22N2S2/c1-3-6-15-14(13-10-17-7-8-18-13)12-5-4-11(2)16-9-12/h4-5,9,13-15H,3,6-8,10H2,1-2H3. The molecule has 2 atom stereocenters. The van der Waals surface area contributed by atoms with Crippen molar-refractivity contribution >= 4 is 23.5 Å². The van der Waals surface area contributed by atoms with E-state index in [1.807, 2.05) is 13.1 Å². The summed E-state index contributed by atoms with van der Waals surface area (Å²) in [6, 6.07) is 4.81. The molecule has 1 N–H and O–H groups in total. The molecule has 0 bridgehead atoms. The highest BCUT2D eigenvalue weighted by Crippen LogP contribution is 2.33. The molecule has 0 aromatic carbocycles. The third kappa shape index (κ3) is 3.90. The van der Waals surface area contributed by atoms with Gasteiger partial charge in [-0.05, 0) is 31.5 Å². The average Bonchev–Trinajstić information content (AvgIpc) is 2.42. The zero-order chi connectivity index (χ0) is 12.8. The number of rotatable bonds is 5. The van der Waals surface area contributed by atoms with E-state index in [-0.39, 0.29) is 0 Å². The van der Waals surface area contributed by atoms with Gasteiger partial charge in [0.1, 0.15) is 0 Å². The zero-order valence-corrected chi connectivity index (χ0v) is 12.8. The summed E-state index contributed by atoms with van der Waals surface area (Å²) in [5, 5.41) is 4.38. The van der Waals surface area contributed by atoms with Crippen LogP contribution in [0.5, 0.6) is 0 Å². The number of hydrogen-bond acceptors (Lipinski definition) is 4. The molecule has 100 valence electrons. The van der Waals surface area contributed by atoms with Gasteiger partial charge >= 0.3 is 0 Å². The van der Waals surface area contributed by atoms with Crippen molar-refractivity contribution < 1.29 is 0 Å². The first-order valence-corrected chi connectivity index (χ1v) is 8.87. The maximum absolute atomic E-state index is 4.45. The quantitative estimate of drug-likeness (QED) is 0.896. The van der Waals surface area contributed by atoms with Gasteiger partial charge in [0.05, 0.1) is 0 Å². The fraction of sp³-hybridized carbons (Fsp3) is 0.643. The van der Waals surface area contributed by atoms with Crippen LogP contribution in [0.1, 0.15) is 30.6 Å². The van der Waals surface area contributed by atoms with Crippen molar-refractivity contribution in [2.75, 3.05) is 23.8 Å². The highest BCUT2D eigenvalue weighted by molar-refractivity contribution is 8.06. The molecule has 1 aromatic heterocycles. The minimum absolute atomic E-state index is 0.454. The lowest BCUT2D eigenvalue weighted by molar-refractivity contribution is 0.528. The Balaban J connectivity index is 2.10. The van der Waals surface area contributed by atoms with Crippen LogP contribution in [0.3, 0.4) is 0 Å². The molecule has 18 heavy (non-hydrogen) atoms. The topological polar surface area (TPSA) is 24.9 Å². The summed E-state index contributed by atoms with van der Waals surface area (Å²) in [7, 11) is 0. The fourth-order valence-electron chi connectivity index (χ4n) is 2.13. The first-order chi connectivity index (χ1) is 8.81. The van der Waals surface area contributed by atoms with E-state index in [2.05, 4.69) is 52.9 Å². The lowest BCUT2D eigenvalue weighted by Gasteiger charge is -2.30. The molecule has 2 unspecified atom stereocenters. The Kier molecular flexibility index (Phi) is 5.86. The molecule has 4 heteroatoms. The van der Waals surface area contributed by atoms with Crippen molar-refractivity contribution in [3.63, 3.8) is 0 Å². The Morgan fingerprint density at radius 1 is 1.44 bits per heavy atom. The van der Waals surface area contributed by atoms with E-state index in [1.54, 1.807) is 0 Å². The van der Waals surface area contributed by atoms with Gasteiger partial charge in [-0.25, -0.2) is 0 Å². The van der Waals surface area contributed by atoms with Gasteiger partial charge in [0.15, 0.2) is 0 Å². The molecule has 0 spiro atoms. The smallest absolute Gasteiger partial charge is 0.0464 e. The number of aryl methyl sites for hydroxylation is 1. The first-order valence-electron chi connectivity index (χ1n) is 6.66. The van der Waals surface area contributed by atoms with Crippen LogP contribution in [-0.2, 0) is 0 Å². The average molecular weight is 282 g/mol. The van der Waals surface area contributed by atoms with Crippen LogP contribution in [-0.4, -0.2) is 34.0 Å². The van der Waals surface area contributed by atoms with E-state index < -0.39 is 0 Å². The first kappa shape index (κ1) is 14.2. The van der Waals surface area contributed by atoms with Crippen LogP contribution in [0.2, 0.25) is 0 Å². The van der Waals surface area contributed by atoms with Crippen molar-refractivity contribution in [1.82, 2.24) is 10.3 Å². The molecule has 1 aliphatic rings. The van der Waals surface area contributed by atoms with Gasteiger partial charge < -0.3 is 5.32 Å². The summed E-state index contributed by atoms with van der Waals surface area (Å²) in [4.78, 5) is 4.45. The number of aromatic nitrogens is 1. The Bertz CT molecular complexity index is 347. The van der Waals surface area contributed by atoms with Crippen molar-refractivity contribution in [3.8, 4) is 0 Å². The molecule has 0 radical (unpaired) electrons. The monoisotopic (exact) mass is 282 g/mol. The molecule has 0 amide bonds. The van der Waals surface area contributed by atoms with Gasteiger partial charge in [-0.15, -0.1) is 0 Å². The SMILES string of the molecule is CCCNC(c1ccc(C)nc1)C1CSCCS1. The van der Waals surface area contributed by atoms with Crippen LogP contribution in [0.4, 0.5) is 0 Å². The van der Waals surface area contributed by atoms with Gasteiger partial charge in [0, 0.05) is 40.4 Å². The predicted molar refractivity (Wildman–Crippen MR) is 83.6 cm³/mol. The molecule has 0 aliphatic carbocycles. The third-order valence-corrected chi connectivity index (χ3v) is 5.98. The van der Waals surface area contributed by atoms with E-state index >= 15 is 0 Å². The Morgan fingerprint density at radius 2 is 2.33 bits per heavy atom. The third-order valence-electron chi connectivity index (χ3n) is 3.12. The highest BCUT2D eigenvalue weighted by Gasteiger charge is 2.25. The van der Waals surface area contributed by atoms with E-state index in [0.717, 1.165) is 12.2 Å². The summed E-state index contributed by atoms with van der Waals surface area (Å²) < 4.78 is 0. The predicted octanol–water partition coefficient (Wildman–Crippen LogP) is 3.28. The molecule has 1 aromatic rings. The second-order valence-electron chi connectivity index (χ2n) is 4.65. The molecular weight excluding hydrogens is 260 g/mol. The molecular formula is C14H22N2S2. The minimum Gasteiger partial charge on any atom is -0.309 e. The number of thioether (sulfide) groups is 2. The summed E-state index contributed by atoms with van der Waals surface area (Å²) in [5.41, 5.74) is 2.44. The van der Waals surface area contributed by atoms with Crippen molar-refractivity contribution in [1.29, 1.82) is 0 Å². The fourth-order valence-corrected chi connectivity index (χ4v) is 5.00. The summed E-state index contributed by atoms with van der Waals surface area (Å²) in [6.07, 6.45) is 3.23. The molecule has 1 aliphatic heterocycles. The van der Waals surface area contributed by atoms with E-state index in [4.69, 9.17) is 0 Å². The summed E-state index contributed by atoms with van der Waals surface area (Å²) in [6.45, 7) is 5.35. The molecule has 2 nitrogen and oxygen atoms in total. The normalized spacial score (nSPS) is 21.8. The number of pyridine rings is 1. The van der Waals surface area contributed by atoms with Crippen LogP contribution in [0, 0.1) is 6.92 Å². The minimum atomic E-state index is 0.454. The largest absolute Gasteiger partial charge is 0.309 e. The number of hydrogen-bond donors (Lipinski definition) is 1. The van der Waals surface area contributed by atoms with Crippen LogP contribution < -0.4 is 5.32 Å². The van der Waals surface area contributed by atoms with Crippen LogP contribution in [0.25, 0.3) is 0 Å². The van der Waals surface area contributed by atoms with Gasteiger partial charge in [0.2, 0.25) is 0 Å². The van der Waals surface area contributed by atoms with Crippen molar-refractivity contribution in [3.05, 3.63) is 29.6 Å². The van der Waals surface area contributed by atoms with Crippen LogP contribution >= 0.6 is 23.5 Å². The summed E-state index contributed by atoms with van der Waals surface area (Å²) in [5.74, 6) is 3.83. The molecule has 2 rings (SSSR count). The van der Waals surface area contributed by atoms with E-state index in [9.17, 15) is 0 Å². The van der Waals surface area contributed by atoms with E-state index in [1.165, 1.54) is 29.2 Å². The van der Waals surface area contributed by atoms with Gasteiger partial charge in [0.25, 0.3) is 0 Å². The maximum Gasteiger partial charge on any atom is 0.0464 e.